The molecule has 0 aliphatic carbocycles. The van der Waals surface area contributed by atoms with Gasteiger partial charge in [-0.15, -0.1) is 0 Å². The topological polar surface area (TPSA) is 19.7 Å². The number of para-hydroxylation sites is 2. The van der Waals surface area contributed by atoms with E-state index in [2.05, 4.69) is 377 Å². The van der Waals surface area contributed by atoms with E-state index < -0.39 is 0 Å². The van der Waals surface area contributed by atoms with Crippen LogP contribution in [-0.2, 0) is 0 Å². The Bertz CT molecular complexity index is 6220. The van der Waals surface area contributed by atoms with Gasteiger partial charge in [-0.05, 0) is 306 Å². The van der Waals surface area contributed by atoms with Gasteiger partial charge >= 0.3 is 0 Å². The van der Waals surface area contributed by atoms with Crippen LogP contribution < -0.4 is 0 Å². The van der Waals surface area contributed by atoms with Gasteiger partial charge in [-0.3, -0.25) is 0 Å². The number of rotatable bonds is 10. The molecular formula is C98H74N4. The second-order valence-electron chi connectivity index (χ2n) is 28.5. The van der Waals surface area contributed by atoms with Crippen molar-refractivity contribution in [2.45, 2.75) is 55.4 Å². The fraction of sp³-hybridized carbons (Fsp3) is 0.0816. The van der Waals surface area contributed by atoms with Crippen LogP contribution in [0.5, 0.6) is 0 Å². The van der Waals surface area contributed by atoms with E-state index in [1.807, 2.05) is 0 Å². The summed E-state index contributed by atoms with van der Waals surface area (Å²) in [6.07, 6.45) is 0. The number of nitrogens with zero attached hydrogens (tertiary/aromatic N) is 4. The fourth-order valence-corrected chi connectivity index (χ4v) is 17.6. The average molecular weight is 1310 g/mol. The van der Waals surface area contributed by atoms with Gasteiger partial charge in [0.15, 0.2) is 0 Å². The van der Waals surface area contributed by atoms with E-state index in [0.717, 1.165) is 44.8 Å². The van der Waals surface area contributed by atoms with Crippen molar-refractivity contribution in [2.24, 2.45) is 0 Å². The smallest absolute Gasteiger partial charge is 0.0541 e. The minimum Gasteiger partial charge on any atom is -0.309 e. The maximum atomic E-state index is 2.50. The summed E-state index contributed by atoms with van der Waals surface area (Å²) in [7, 11) is 0. The summed E-state index contributed by atoms with van der Waals surface area (Å²) >= 11 is 0. The van der Waals surface area contributed by atoms with Gasteiger partial charge in [0.05, 0.1) is 44.1 Å². The van der Waals surface area contributed by atoms with Crippen molar-refractivity contribution in [3.8, 4) is 89.5 Å². The Kier molecular flexibility index (Phi) is 14.0. The molecule has 0 aliphatic rings. The zero-order valence-electron chi connectivity index (χ0n) is 58.7. The van der Waals surface area contributed by atoms with Gasteiger partial charge in [0.1, 0.15) is 0 Å². The second kappa shape index (κ2) is 23.6. The zero-order valence-corrected chi connectivity index (χ0v) is 58.7. The van der Waals surface area contributed by atoms with Crippen molar-refractivity contribution in [2.75, 3.05) is 0 Å². The predicted molar refractivity (Wildman–Crippen MR) is 434 cm³/mol. The third kappa shape index (κ3) is 9.57. The molecule has 0 unspecified atom stereocenters. The summed E-state index contributed by atoms with van der Waals surface area (Å²) in [5.74, 6) is 0. The van der Waals surface area contributed by atoms with Crippen LogP contribution in [0.2, 0.25) is 0 Å². The van der Waals surface area contributed by atoms with Gasteiger partial charge in [0, 0.05) is 65.8 Å². The predicted octanol–water partition coefficient (Wildman–Crippen LogP) is 26.5. The molecule has 0 radical (unpaired) electrons. The van der Waals surface area contributed by atoms with Crippen molar-refractivity contribution in [1.29, 1.82) is 0 Å². The molecule has 0 fully saturated rings. The molecule has 15 aromatic carbocycles. The van der Waals surface area contributed by atoms with Crippen molar-refractivity contribution < 1.29 is 0 Å². The minimum absolute atomic E-state index is 1.09. The molecular weight excluding hydrogens is 1230 g/mol. The Morgan fingerprint density at radius 3 is 0.549 bits per heavy atom. The fourth-order valence-electron chi connectivity index (χ4n) is 17.6. The molecule has 4 heterocycles. The van der Waals surface area contributed by atoms with Crippen molar-refractivity contribution in [3.63, 3.8) is 0 Å². The number of hydrogen-bond donors (Lipinski definition) is 0. The highest BCUT2D eigenvalue weighted by Crippen LogP contribution is 2.46. The van der Waals surface area contributed by atoms with E-state index in [-0.39, 0.29) is 0 Å². The van der Waals surface area contributed by atoms with Crippen LogP contribution in [0.4, 0.5) is 0 Å². The molecule has 0 bridgehead atoms. The Morgan fingerprint density at radius 2 is 0.324 bits per heavy atom. The lowest BCUT2D eigenvalue weighted by atomic mass is 9.94. The Labute approximate surface area is 594 Å². The Morgan fingerprint density at radius 1 is 0.147 bits per heavy atom. The molecule has 0 saturated carbocycles. The molecule has 0 atom stereocenters. The lowest BCUT2D eigenvalue weighted by Gasteiger charge is -2.14. The highest BCUT2D eigenvalue weighted by molar-refractivity contribution is 6.17. The van der Waals surface area contributed by atoms with E-state index >= 15 is 0 Å². The lowest BCUT2D eigenvalue weighted by molar-refractivity contribution is 1.13. The first-order valence-corrected chi connectivity index (χ1v) is 35.7. The van der Waals surface area contributed by atoms with Crippen LogP contribution in [0.25, 0.3) is 177 Å². The zero-order chi connectivity index (χ0) is 68.8. The number of benzene rings is 15. The van der Waals surface area contributed by atoms with Gasteiger partial charge in [0.25, 0.3) is 0 Å². The van der Waals surface area contributed by atoms with Crippen LogP contribution in [0, 0.1) is 55.4 Å². The third-order valence-electron chi connectivity index (χ3n) is 22.2. The van der Waals surface area contributed by atoms with Crippen LogP contribution in [0.15, 0.2) is 303 Å². The molecule has 0 saturated heterocycles. The molecule has 19 rings (SSSR count). The average Bonchev–Trinajstić information content (AvgIpc) is 1.60. The van der Waals surface area contributed by atoms with E-state index in [0.29, 0.717) is 0 Å². The summed E-state index contributed by atoms with van der Waals surface area (Å²) in [6.45, 7) is 17.9. The maximum Gasteiger partial charge on any atom is 0.0541 e. The summed E-state index contributed by atoms with van der Waals surface area (Å²) in [5.41, 5.74) is 38.8. The van der Waals surface area contributed by atoms with E-state index in [9.17, 15) is 0 Å². The summed E-state index contributed by atoms with van der Waals surface area (Å²) in [4.78, 5) is 0. The van der Waals surface area contributed by atoms with Crippen molar-refractivity contribution in [3.05, 3.63) is 348 Å². The first-order chi connectivity index (χ1) is 49.9. The molecule has 0 aliphatic heterocycles. The summed E-state index contributed by atoms with van der Waals surface area (Å²) < 4.78 is 9.86. The highest BCUT2D eigenvalue weighted by Gasteiger charge is 2.23. The summed E-state index contributed by atoms with van der Waals surface area (Å²) in [5, 5.41) is 9.77. The monoisotopic (exact) mass is 1310 g/mol. The Balaban J connectivity index is 0.788. The standard InChI is InChI=1S/C98H74N4/c1-59-20-15-21-60(2)95(59)71-38-46-89-83(54-71)79-50-67(34-42-87(79)99(89)75-28-11-9-12-29-75)69-36-44-91-81(52-69)85-56-73(97-63(5)24-17-25-64(97)6)40-48-93(85)101(91)77-32-19-33-78(58-77)102-92-45-37-70(53-82(92)86-57-74(41-49-94(86)102)98-65(7)26-18-27-66(98)8)68-35-43-88-80(51-68)84-55-72(96-61(3)22-16-23-62(96)4)39-47-90(84)100(88)76-30-13-10-14-31-76/h9-58H,1-8H3. The highest BCUT2D eigenvalue weighted by atomic mass is 15.0. The number of aryl methyl sites for hydroxylation is 8. The molecule has 19 aromatic rings. The molecule has 0 amide bonds. The number of fused-ring (bicyclic) bond motifs is 12. The first-order valence-electron chi connectivity index (χ1n) is 35.7. The molecule has 0 N–H and O–H groups in total. The Hall–Kier alpha value is -12.5. The van der Waals surface area contributed by atoms with E-state index in [1.165, 1.54) is 176 Å². The largest absolute Gasteiger partial charge is 0.309 e. The van der Waals surface area contributed by atoms with Gasteiger partial charge < -0.3 is 18.3 Å². The normalized spacial score (nSPS) is 11.9. The molecule has 102 heavy (non-hydrogen) atoms. The molecule has 4 heteroatoms. The molecule has 4 aromatic heterocycles. The number of aromatic nitrogens is 4. The summed E-state index contributed by atoms with van der Waals surface area (Å²) in [6, 6.07) is 114. The van der Waals surface area contributed by atoms with Crippen LogP contribution >= 0.6 is 0 Å². The van der Waals surface area contributed by atoms with Gasteiger partial charge in [-0.25, -0.2) is 0 Å². The third-order valence-corrected chi connectivity index (χ3v) is 22.2. The minimum atomic E-state index is 1.09. The first kappa shape index (κ1) is 60.7. The molecule has 4 nitrogen and oxygen atoms in total. The number of hydrogen-bond acceptors (Lipinski definition) is 0. The van der Waals surface area contributed by atoms with Gasteiger partial charge in [-0.2, -0.15) is 0 Å². The van der Waals surface area contributed by atoms with Gasteiger partial charge in [-0.1, -0.05) is 164 Å². The van der Waals surface area contributed by atoms with E-state index in [1.54, 1.807) is 0 Å². The quantitative estimate of drug-likeness (QED) is 0.130. The van der Waals surface area contributed by atoms with Crippen LogP contribution in [0.1, 0.15) is 44.5 Å². The van der Waals surface area contributed by atoms with E-state index in [4.69, 9.17) is 0 Å². The van der Waals surface area contributed by atoms with Crippen molar-refractivity contribution in [1.82, 2.24) is 18.3 Å². The van der Waals surface area contributed by atoms with Crippen LogP contribution in [-0.4, -0.2) is 18.3 Å². The van der Waals surface area contributed by atoms with Gasteiger partial charge in [0.2, 0.25) is 0 Å². The molecule has 0 spiro atoms. The second-order valence-corrected chi connectivity index (χ2v) is 28.5. The van der Waals surface area contributed by atoms with Crippen LogP contribution in [0.3, 0.4) is 0 Å². The SMILES string of the molecule is Cc1cccc(C)c1-c1ccc2c(c1)c1cc(-c3ccc4c(c3)c3cc(-c5c(C)cccc5C)ccc3n4-c3cccc(-n4c5ccc(-c6ccc7c(c6)c6cc(-c8c(C)cccc8C)ccc6n7-c6ccccc6)cc5c5cc(-c6c(C)cccc6C)ccc54)c3)ccc1n2-c1ccccc1. The maximum absolute atomic E-state index is 2.50. The lowest BCUT2D eigenvalue weighted by Crippen LogP contribution is -1.99. The van der Waals surface area contributed by atoms with Crippen molar-refractivity contribution >= 4 is 87.2 Å². The molecule has 486 valence electrons.